The van der Waals surface area contributed by atoms with Crippen LogP contribution in [0.1, 0.15) is 5.56 Å². The molecule has 1 aromatic rings. The van der Waals surface area contributed by atoms with Crippen LogP contribution in [0.4, 0.5) is 4.39 Å². The summed E-state index contributed by atoms with van der Waals surface area (Å²) in [6.07, 6.45) is 0. The van der Waals surface area contributed by atoms with Crippen molar-refractivity contribution in [1.82, 2.24) is 5.32 Å². The number of rotatable bonds is 3. The molecule has 0 bridgehead atoms. The minimum Gasteiger partial charge on any atom is -0.316 e. The zero-order chi connectivity index (χ0) is 11.8. The van der Waals surface area contributed by atoms with Gasteiger partial charge in [0.2, 0.25) is 0 Å². The molecule has 5 heteroatoms. The van der Waals surface area contributed by atoms with E-state index in [1.165, 1.54) is 18.2 Å². The molecule has 0 aromatic heterocycles. The Kier molecular flexibility index (Phi) is 2.99. The van der Waals surface area contributed by atoms with Crippen molar-refractivity contribution < 1.29 is 12.8 Å². The summed E-state index contributed by atoms with van der Waals surface area (Å²) >= 11 is 0. The molecule has 1 N–H and O–H groups in total. The molecular weight excluding hydrogens is 229 g/mol. The fourth-order valence-corrected chi connectivity index (χ4v) is 3.36. The van der Waals surface area contributed by atoms with Crippen molar-refractivity contribution in [1.29, 1.82) is 0 Å². The van der Waals surface area contributed by atoms with Crippen LogP contribution >= 0.6 is 0 Å². The van der Waals surface area contributed by atoms with Gasteiger partial charge in [-0.3, -0.25) is 0 Å². The van der Waals surface area contributed by atoms with Gasteiger partial charge in [0.05, 0.1) is 10.6 Å². The Morgan fingerprint density at radius 1 is 1.44 bits per heavy atom. The number of hydrogen-bond acceptors (Lipinski definition) is 3. The van der Waals surface area contributed by atoms with Gasteiger partial charge in [-0.2, -0.15) is 0 Å². The molecule has 0 spiro atoms. The average molecular weight is 243 g/mol. The van der Waals surface area contributed by atoms with Crippen LogP contribution in [0.3, 0.4) is 0 Å². The first-order valence-electron chi connectivity index (χ1n) is 5.19. The van der Waals surface area contributed by atoms with Crippen molar-refractivity contribution in [3.05, 3.63) is 29.6 Å². The molecule has 16 heavy (non-hydrogen) atoms. The number of nitrogens with one attached hydrogen (secondary N) is 1. The van der Waals surface area contributed by atoms with Crippen molar-refractivity contribution in [2.45, 2.75) is 11.8 Å². The second-order valence-corrected chi connectivity index (χ2v) is 6.25. The van der Waals surface area contributed by atoms with Crippen molar-refractivity contribution in [2.75, 3.05) is 18.8 Å². The topological polar surface area (TPSA) is 46.2 Å². The van der Waals surface area contributed by atoms with Gasteiger partial charge in [0.1, 0.15) is 5.82 Å². The average Bonchev–Trinajstić information content (AvgIpc) is 2.16. The van der Waals surface area contributed by atoms with E-state index in [4.69, 9.17) is 0 Å². The van der Waals surface area contributed by atoms with Gasteiger partial charge < -0.3 is 5.32 Å². The Morgan fingerprint density at radius 3 is 2.62 bits per heavy atom. The van der Waals surface area contributed by atoms with E-state index >= 15 is 0 Å². The van der Waals surface area contributed by atoms with E-state index < -0.39 is 9.84 Å². The van der Waals surface area contributed by atoms with E-state index in [1.54, 1.807) is 6.92 Å². The standard InChI is InChI=1S/C11H14FNO2S/c1-8-4-10(2-3-11(8)12)16(14,15)7-9-5-13-6-9/h2-4,9,13H,5-7H2,1H3. The summed E-state index contributed by atoms with van der Waals surface area (Å²) in [6, 6.07) is 3.95. The fourth-order valence-electron chi connectivity index (χ4n) is 1.68. The molecule has 88 valence electrons. The Morgan fingerprint density at radius 2 is 2.12 bits per heavy atom. The van der Waals surface area contributed by atoms with E-state index in [-0.39, 0.29) is 22.4 Å². The predicted octanol–water partition coefficient (Wildman–Crippen LogP) is 1.13. The largest absolute Gasteiger partial charge is 0.316 e. The highest BCUT2D eigenvalue weighted by Crippen LogP contribution is 2.19. The highest BCUT2D eigenvalue weighted by Gasteiger charge is 2.25. The lowest BCUT2D eigenvalue weighted by molar-refractivity contribution is 0.378. The molecule has 1 fully saturated rings. The van der Waals surface area contributed by atoms with E-state index in [9.17, 15) is 12.8 Å². The zero-order valence-corrected chi connectivity index (χ0v) is 9.85. The van der Waals surface area contributed by atoms with Crippen LogP contribution in [0.5, 0.6) is 0 Å². The van der Waals surface area contributed by atoms with Crippen molar-refractivity contribution in [3.8, 4) is 0 Å². The first-order chi connectivity index (χ1) is 7.49. The molecule has 0 radical (unpaired) electrons. The predicted molar refractivity (Wildman–Crippen MR) is 59.5 cm³/mol. The molecule has 0 atom stereocenters. The number of aryl methyl sites for hydroxylation is 1. The molecule has 0 amide bonds. The van der Waals surface area contributed by atoms with E-state index in [0.717, 1.165) is 13.1 Å². The van der Waals surface area contributed by atoms with E-state index in [0.29, 0.717) is 5.56 Å². The lowest BCUT2D eigenvalue weighted by Crippen LogP contribution is -2.45. The molecule has 1 saturated heterocycles. The molecular formula is C11H14FNO2S. The van der Waals surface area contributed by atoms with Gasteiger partial charge >= 0.3 is 0 Å². The fraction of sp³-hybridized carbons (Fsp3) is 0.455. The van der Waals surface area contributed by atoms with Crippen LogP contribution in [-0.2, 0) is 9.84 Å². The summed E-state index contributed by atoms with van der Waals surface area (Å²) in [7, 11) is -3.27. The number of sulfone groups is 1. The quantitative estimate of drug-likeness (QED) is 0.809. The highest BCUT2D eigenvalue weighted by molar-refractivity contribution is 7.91. The molecule has 1 heterocycles. The minimum absolute atomic E-state index is 0.144. The van der Waals surface area contributed by atoms with Gasteiger partial charge in [-0.25, -0.2) is 12.8 Å². The first kappa shape index (κ1) is 11.5. The smallest absolute Gasteiger partial charge is 0.178 e. The molecule has 1 aliphatic heterocycles. The molecule has 3 nitrogen and oxygen atoms in total. The maximum absolute atomic E-state index is 13.0. The molecule has 1 aliphatic rings. The molecule has 0 aliphatic carbocycles. The Labute approximate surface area is 94.6 Å². The van der Waals surface area contributed by atoms with Gasteiger partial charge in [-0.05, 0) is 36.6 Å². The van der Waals surface area contributed by atoms with Gasteiger partial charge in [0, 0.05) is 13.1 Å². The third kappa shape index (κ3) is 2.25. The van der Waals surface area contributed by atoms with Crippen LogP contribution in [-0.4, -0.2) is 27.3 Å². The lowest BCUT2D eigenvalue weighted by atomic mass is 10.1. The zero-order valence-electron chi connectivity index (χ0n) is 9.03. The highest BCUT2D eigenvalue weighted by atomic mass is 32.2. The monoisotopic (exact) mass is 243 g/mol. The van der Waals surface area contributed by atoms with Gasteiger partial charge in [0.25, 0.3) is 0 Å². The third-order valence-electron chi connectivity index (χ3n) is 2.81. The Hall–Kier alpha value is -0.940. The molecule has 0 saturated carbocycles. The normalized spacial score (nSPS) is 17.1. The first-order valence-corrected chi connectivity index (χ1v) is 6.84. The second-order valence-electron chi connectivity index (χ2n) is 4.22. The van der Waals surface area contributed by atoms with Crippen LogP contribution in [0.15, 0.2) is 23.1 Å². The van der Waals surface area contributed by atoms with Crippen LogP contribution in [0, 0.1) is 18.7 Å². The summed E-state index contributed by atoms with van der Waals surface area (Å²) in [6.45, 7) is 3.07. The maximum Gasteiger partial charge on any atom is 0.178 e. The van der Waals surface area contributed by atoms with Gasteiger partial charge in [0.15, 0.2) is 9.84 Å². The molecule has 1 aromatic carbocycles. The Balaban J connectivity index is 2.24. The summed E-state index contributed by atoms with van der Waals surface area (Å²) in [5, 5.41) is 3.03. The maximum atomic E-state index is 13.0. The summed E-state index contributed by atoms with van der Waals surface area (Å²) in [5.41, 5.74) is 0.368. The van der Waals surface area contributed by atoms with Crippen molar-refractivity contribution in [3.63, 3.8) is 0 Å². The van der Waals surface area contributed by atoms with E-state index in [2.05, 4.69) is 5.32 Å². The summed E-state index contributed by atoms with van der Waals surface area (Å²) < 4.78 is 36.9. The SMILES string of the molecule is Cc1cc(S(=O)(=O)CC2CNC2)ccc1F. The van der Waals surface area contributed by atoms with Crippen molar-refractivity contribution in [2.24, 2.45) is 5.92 Å². The minimum atomic E-state index is -3.27. The lowest BCUT2D eigenvalue weighted by Gasteiger charge is -2.26. The Bertz CT molecular complexity index is 495. The summed E-state index contributed by atoms with van der Waals surface area (Å²) in [4.78, 5) is 0.221. The molecule has 2 rings (SSSR count). The van der Waals surface area contributed by atoms with E-state index in [1.807, 2.05) is 0 Å². The second kappa shape index (κ2) is 4.14. The van der Waals surface area contributed by atoms with Crippen molar-refractivity contribution >= 4 is 9.84 Å². The number of hydrogen-bond donors (Lipinski definition) is 1. The van der Waals surface area contributed by atoms with Gasteiger partial charge in [-0.1, -0.05) is 0 Å². The van der Waals surface area contributed by atoms with Gasteiger partial charge in [-0.15, -0.1) is 0 Å². The number of halogens is 1. The third-order valence-corrected chi connectivity index (χ3v) is 4.69. The van der Waals surface area contributed by atoms with Crippen LogP contribution < -0.4 is 5.32 Å². The van der Waals surface area contributed by atoms with Crippen LogP contribution in [0.25, 0.3) is 0 Å². The number of benzene rings is 1. The summed E-state index contributed by atoms with van der Waals surface area (Å²) in [5.74, 6) is -0.0370. The van der Waals surface area contributed by atoms with Crippen LogP contribution in [0.2, 0.25) is 0 Å². The molecule has 0 unspecified atom stereocenters.